The molecule has 0 radical (unpaired) electrons. The van der Waals surface area contributed by atoms with Crippen LogP contribution >= 0.6 is 0 Å². The lowest BCUT2D eigenvalue weighted by molar-refractivity contribution is -0.0507. The molecular formula is C23H19F2N3O4S. The molecule has 0 amide bonds. The first-order chi connectivity index (χ1) is 15.7. The number of primary sulfonamides is 1. The maximum absolute atomic E-state index is 13.0. The molecule has 0 fully saturated rings. The number of imidazole rings is 1. The van der Waals surface area contributed by atoms with Crippen LogP contribution in [0.2, 0.25) is 0 Å². The van der Waals surface area contributed by atoms with Gasteiger partial charge < -0.3 is 14.4 Å². The molecule has 10 heteroatoms. The summed E-state index contributed by atoms with van der Waals surface area (Å²) in [6.07, 6.45) is -0.589. The molecule has 1 aromatic heterocycles. The van der Waals surface area contributed by atoms with Crippen molar-refractivity contribution in [1.29, 1.82) is 0 Å². The van der Waals surface area contributed by atoms with Crippen LogP contribution in [0, 0.1) is 0 Å². The van der Waals surface area contributed by atoms with E-state index in [1.54, 1.807) is 36.4 Å². The second kappa shape index (κ2) is 7.91. The van der Waals surface area contributed by atoms with Gasteiger partial charge in [0.15, 0.2) is 0 Å². The van der Waals surface area contributed by atoms with Gasteiger partial charge in [-0.1, -0.05) is 36.4 Å². The predicted octanol–water partition coefficient (Wildman–Crippen LogP) is 3.98. The maximum atomic E-state index is 13.0. The second-order valence-corrected chi connectivity index (χ2v) is 9.36. The van der Waals surface area contributed by atoms with Crippen LogP contribution < -0.4 is 9.88 Å². The normalized spacial score (nSPS) is 18.1. The first-order valence-corrected chi connectivity index (χ1v) is 11.6. The lowest BCUT2D eigenvalue weighted by atomic mass is 10.0. The number of hydrogen-bond acceptors (Lipinski definition) is 5. The summed E-state index contributed by atoms with van der Waals surface area (Å²) in [5, 5.41) is 15.8. The second-order valence-electron chi connectivity index (χ2n) is 7.80. The van der Waals surface area contributed by atoms with E-state index in [2.05, 4.69) is 4.98 Å². The van der Waals surface area contributed by atoms with Gasteiger partial charge in [0, 0.05) is 12.0 Å². The molecule has 2 heterocycles. The fourth-order valence-corrected chi connectivity index (χ4v) is 4.85. The van der Waals surface area contributed by atoms with E-state index in [1.807, 2.05) is 16.7 Å². The molecule has 3 aromatic carbocycles. The number of aliphatic hydroxyl groups excluding tert-OH is 1. The zero-order valence-electron chi connectivity index (χ0n) is 17.1. The van der Waals surface area contributed by atoms with Crippen LogP contribution in [0.3, 0.4) is 0 Å². The molecule has 2 atom stereocenters. The Bertz CT molecular complexity index is 1450. The number of ether oxygens (including phenoxy) is 1. The van der Waals surface area contributed by atoms with E-state index < -0.39 is 28.8 Å². The van der Waals surface area contributed by atoms with Gasteiger partial charge in [0.1, 0.15) is 17.7 Å². The molecule has 2 unspecified atom stereocenters. The Balaban J connectivity index is 1.62. The van der Waals surface area contributed by atoms with Crippen LogP contribution in [0.5, 0.6) is 5.75 Å². The number of nitrogens with two attached hydrogens (primary N) is 1. The number of para-hydroxylation sites is 1. The Morgan fingerprint density at radius 1 is 1.06 bits per heavy atom. The number of sulfonamides is 1. The smallest absolute Gasteiger partial charge is 0.387 e. The van der Waals surface area contributed by atoms with E-state index in [0.717, 1.165) is 11.1 Å². The lowest BCUT2D eigenvalue weighted by Crippen LogP contribution is -2.11. The molecule has 170 valence electrons. The van der Waals surface area contributed by atoms with Crippen molar-refractivity contribution in [2.24, 2.45) is 5.14 Å². The van der Waals surface area contributed by atoms with Crippen molar-refractivity contribution in [2.75, 3.05) is 0 Å². The van der Waals surface area contributed by atoms with E-state index in [4.69, 9.17) is 9.88 Å². The molecule has 3 N–H and O–H groups in total. The molecule has 0 saturated carbocycles. The molecule has 0 aliphatic carbocycles. The highest BCUT2D eigenvalue weighted by atomic mass is 32.2. The third kappa shape index (κ3) is 3.86. The molecule has 0 saturated heterocycles. The van der Waals surface area contributed by atoms with E-state index in [9.17, 15) is 22.3 Å². The minimum atomic E-state index is -3.80. The van der Waals surface area contributed by atoms with Gasteiger partial charge in [-0.05, 0) is 41.5 Å². The maximum Gasteiger partial charge on any atom is 0.387 e. The average Bonchev–Trinajstić information content (AvgIpc) is 3.30. The fourth-order valence-electron chi connectivity index (χ4n) is 4.34. The van der Waals surface area contributed by atoms with Crippen molar-refractivity contribution in [3.8, 4) is 16.9 Å². The van der Waals surface area contributed by atoms with Gasteiger partial charge in [-0.15, -0.1) is 0 Å². The molecule has 0 bridgehead atoms. The van der Waals surface area contributed by atoms with Gasteiger partial charge in [-0.2, -0.15) is 8.78 Å². The molecule has 7 nitrogen and oxygen atoms in total. The summed E-state index contributed by atoms with van der Waals surface area (Å²) in [6.45, 7) is -2.97. The molecule has 1 aliphatic heterocycles. The van der Waals surface area contributed by atoms with Crippen molar-refractivity contribution >= 4 is 21.1 Å². The number of fused-ring (bicyclic) bond motifs is 3. The van der Waals surface area contributed by atoms with Crippen molar-refractivity contribution in [2.45, 2.75) is 30.1 Å². The van der Waals surface area contributed by atoms with E-state index in [-0.39, 0.29) is 17.1 Å². The monoisotopic (exact) mass is 471 g/mol. The highest BCUT2D eigenvalue weighted by molar-refractivity contribution is 7.89. The van der Waals surface area contributed by atoms with E-state index in [1.165, 1.54) is 18.2 Å². The minimum Gasteiger partial charge on any atom is -0.434 e. The van der Waals surface area contributed by atoms with Gasteiger partial charge in [0.25, 0.3) is 0 Å². The molecule has 0 spiro atoms. The number of benzene rings is 3. The average molecular weight is 471 g/mol. The molecule has 4 aromatic rings. The summed E-state index contributed by atoms with van der Waals surface area (Å²) in [5.74, 6) is 0.498. The van der Waals surface area contributed by atoms with Gasteiger partial charge in [-0.3, -0.25) is 0 Å². The molecule has 1 aliphatic rings. The summed E-state index contributed by atoms with van der Waals surface area (Å²) in [6, 6.07) is 17.8. The number of nitrogens with zero attached hydrogens (tertiary/aromatic N) is 2. The SMILES string of the molecule is NS(=O)(=O)c1ccc(-c2ccc3nc4n(c3c2)C(c2ccccc2OC(F)F)CC4O)cc1. The van der Waals surface area contributed by atoms with Gasteiger partial charge >= 0.3 is 6.61 Å². The number of aromatic nitrogens is 2. The molecule has 33 heavy (non-hydrogen) atoms. The van der Waals surface area contributed by atoms with Crippen LogP contribution in [-0.2, 0) is 10.0 Å². The highest BCUT2D eigenvalue weighted by Crippen LogP contribution is 2.44. The van der Waals surface area contributed by atoms with Crippen LogP contribution in [0.1, 0.15) is 30.0 Å². The quantitative estimate of drug-likeness (QED) is 0.458. The molecule has 5 rings (SSSR count). The summed E-state index contributed by atoms with van der Waals surface area (Å²) < 4.78 is 55.5. The third-order valence-electron chi connectivity index (χ3n) is 5.78. The lowest BCUT2D eigenvalue weighted by Gasteiger charge is -2.19. The standard InChI is InChI=1S/C23H19F2N3O4S/c24-23(25)32-21-4-2-1-3-16(21)18-12-20(29)22-27-17-10-7-14(11-19(17)28(18)22)13-5-8-15(9-6-13)33(26,30)31/h1-11,18,20,23,29H,12H2,(H2,26,30,31). The zero-order valence-corrected chi connectivity index (χ0v) is 17.9. The minimum absolute atomic E-state index is 0.0106. The first kappa shape index (κ1) is 21.5. The van der Waals surface area contributed by atoms with Crippen molar-refractivity contribution in [1.82, 2.24) is 9.55 Å². The largest absolute Gasteiger partial charge is 0.434 e. The first-order valence-electron chi connectivity index (χ1n) is 10.1. The summed E-state index contributed by atoms with van der Waals surface area (Å²) in [5.41, 5.74) is 3.44. The van der Waals surface area contributed by atoms with Crippen molar-refractivity contribution in [3.05, 3.63) is 78.1 Å². The van der Waals surface area contributed by atoms with Gasteiger partial charge in [-0.25, -0.2) is 18.5 Å². The van der Waals surface area contributed by atoms with Crippen molar-refractivity contribution < 1.29 is 27.0 Å². The highest BCUT2D eigenvalue weighted by Gasteiger charge is 2.35. The fraction of sp³-hybridized carbons (Fsp3) is 0.174. The Labute approximate surface area is 188 Å². The molecular weight excluding hydrogens is 452 g/mol. The predicted molar refractivity (Wildman–Crippen MR) is 117 cm³/mol. The number of rotatable bonds is 5. The topological polar surface area (TPSA) is 107 Å². The zero-order chi connectivity index (χ0) is 23.3. The number of alkyl halides is 2. The Kier molecular flexibility index (Phi) is 5.15. The Hall–Kier alpha value is -3.34. The summed E-state index contributed by atoms with van der Waals surface area (Å²) in [7, 11) is -3.80. The number of aliphatic hydroxyl groups is 1. The van der Waals surface area contributed by atoms with Gasteiger partial charge in [0.05, 0.1) is 22.0 Å². The third-order valence-corrected chi connectivity index (χ3v) is 6.71. The van der Waals surface area contributed by atoms with E-state index >= 15 is 0 Å². The van der Waals surface area contributed by atoms with Crippen LogP contribution in [0.25, 0.3) is 22.2 Å². The Morgan fingerprint density at radius 2 is 1.76 bits per heavy atom. The number of hydrogen-bond donors (Lipinski definition) is 2. The summed E-state index contributed by atoms with van der Waals surface area (Å²) in [4.78, 5) is 4.56. The van der Waals surface area contributed by atoms with Gasteiger partial charge in [0.2, 0.25) is 10.0 Å². The van der Waals surface area contributed by atoms with E-state index in [0.29, 0.717) is 22.4 Å². The van der Waals surface area contributed by atoms with Crippen LogP contribution in [0.15, 0.2) is 71.6 Å². The van der Waals surface area contributed by atoms with Crippen LogP contribution in [0.4, 0.5) is 8.78 Å². The summed E-state index contributed by atoms with van der Waals surface area (Å²) >= 11 is 0. The van der Waals surface area contributed by atoms with Crippen molar-refractivity contribution in [3.63, 3.8) is 0 Å². The van der Waals surface area contributed by atoms with Crippen LogP contribution in [-0.4, -0.2) is 29.7 Å². The number of halogens is 2. The Morgan fingerprint density at radius 3 is 2.45 bits per heavy atom.